The van der Waals surface area contributed by atoms with E-state index in [1.54, 1.807) is 43.8 Å². The quantitative estimate of drug-likeness (QED) is 0.497. The van der Waals surface area contributed by atoms with E-state index in [9.17, 15) is 4.79 Å². The average molecular weight is 364 g/mol. The Balaban J connectivity index is 1.66. The molecule has 1 heterocycles. The van der Waals surface area contributed by atoms with Crippen molar-refractivity contribution < 1.29 is 14.3 Å². The molecule has 0 aliphatic rings. The van der Waals surface area contributed by atoms with Crippen LogP contribution in [0.1, 0.15) is 22.8 Å². The van der Waals surface area contributed by atoms with Gasteiger partial charge in [0.05, 0.1) is 31.8 Å². The van der Waals surface area contributed by atoms with Gasteiger partial charge in [-0.15, -0.1) is 0 Å². The number of methoxy groups -OCH3 is 1. The number of nitrogens with one attached hydrogen (secondary N) is 2. The first kappa shape index (κ1) is 18.2. The second-order valence-electron chi connectivity index (χ2n) is 5.59. The van der Waals surface area contributed by atoms with Crippen molar-refractivity contribution in [2.24, 2.45) is 5.10 Å². The fourth-order valence-corrected chi connectivity index (χ4v) is 2.48. The number of carbonyl (C=O) groups is 1. The number of aromatic nitrogens is 2. The van der Waals surface area contributed by atoms with Gasteiger partial charge in [0.15, 0.2) is 0 Å². The summed E-state index contributed by atoms with van der Waals surface area (Å²) in [6.45, 7) is 2.49. The Hall–Kier alpha value is -3.61. The molecule has 138 valence electrons. The number of rotatable bonds is 7. The van der Waals surface area contributed by atoms with E-state index in [4.69, 9.17) is 9.47 Å². The summed E-state index contributed by atoms with van der Waals surface area (Å²) in [5, 5.41) is 11.0. The topological polar surface area (TPSA) is 88.6 Å². The van der Waals surface area contributed by atoms with Crippen LogP contribution in [0.4, 0.5) is 0 Å². The highest BCUT2D eigenvalue weighted by Gasteiger charge is 2.07. The Morgan fingerprint density at radius 1 is 1.15 bits per heavy atom. The molecule has 2 N–H and O–H groups in total. The lowest BCUT2D eigenvalue weighted by atomic mass is 10.1. The molecule has 0 spiro atoms. The second-order valence-corrected chi connectivity index (χ2v) is 5.59. The number of H-pyrrole nitrogens is 1. The number of aromatic amines is 1. The Kier molecular flexibility index (Phi) is 5.84. The summed E-state index contributed by atoms with van der Waals surface area (Å²) >= 11 is 0. The maximum absolute atomic E-state index is 12.2. The van der Waals surface area contributed by atoms with Crippen LogP contribution < -0.4 is 14.9 Å². The number of hydrogen-bond donors (Lipinski definition) is 2. The van der Waals surface area contributed by atoms with Gasteiger partial charge in [-0.1, -0.05) is 0 Å². The highest BCUT2D eigenvalue weighted by atomic mass is 16.5. The predicted octanol–water partition coefficient (Wildman–Crippen LogP) is 3.25. The summed E-state index contributed by atoms with van der Waals surface area (Å²) in [5.41, 5.74) is 5.51. The highest BCUT2D eigenvalue weighted by molar-refractivity contribution is 5.95. The van der Waals surface area contributed by atoms with Gasteiger partial charge in [0.2, 0.25) is 0 Å². The molecule has 27 heavy (non-hydrogen) atoms. The number of amides is 1. The molecule has 7 heteroatoms. The van der Waals surface area contributed by atoms with Gasteiger partial charge in [-0.05, 0) is 55.5 Å². The lowest BCUT2D eigenvalue weighted by Crippen LogP contribution is -2.17. The molecule has 7 nitrogen and oxygen atoms in total. The van der Waals surface area contributed by atoms with E-state index in [2.05, 4.69) is 20.7 Å². The molecule has 1 aromatic heterocycles. The van der Waals surface area contributed by atoms with Crippen LogP contribution in [0.5, 0.6) is 11.5 Å². The van der Waals surface area contributed by atoms with Crippen molar-refractivity contribution in [1.82, 2.24) is 15.6 Å². The van der Waals surface area contributed by atoms with E-state index < -0.39 is 0 Å². The lowest BCUT2D eigenvalue weighted by Gasteiger charge is -2.04. The summed E-state index contributed by atoms with van der Waals surface area (Å²) in [6, 6.07) is 14.5. The van der Waals surface area contributed by atoms with E-state index in [1.165, 1.54) is 0 Å². The van der Waals surface area contributed by atoms with Crippen LogP contribution in [0, 0.1) is 0 Å². The summed E-state index contributed by atoms with van der Waals surface area (Å²) in [7, 11) is 1.62. The van der Waals surface area contributed by atoms with Gasteiger partial charge in [-0.25, -0.2) is 5.43 Å². The van der Waals surface area contributed by atoms with Crippen LogP contribution >= 0.6 is 0 Å². The molecule has 0 aliphatic carbocycles. The van der Waals surface area contributed by atoms with Gasteiger partial charge in [0.25, 0.3) is 5.91 Å². The fourth-order valence-electron chi connectivity index (χ4n) is 2.48. The SMILES string of the molecule is CCOc1ccc(C(=O)N/N=C/c2cn[nH]c2-c2ccc(OC)cc2)cc1. The van der Waals surface area contributed by atoms with Gasteiger partial charge < -0.3 is 9.47 Å². The standard InChI is InChI=1S/C20H20N4O3/c1-3-27-18-10-6-15(7-11-18)20(25)24-22-13-16-12-21-23-19(16)14-4-8-17(26-2)9-5-14/h4-13H,3H2,1-2H3,(H,21,23)(H,24,25)/b22-13+. The zero-order valence-corrected chi connectivity index (χ0v) is 15.1. The van der Waals surface area contributed by atoms with Crippen molar-refractivity contribution in [3.63, 3.8) is 0 Å². The smallest absolute Gasteiger partial charge is 0.271 e. The molecular formula is C20H20N4O3. The van der Waals surface area contributed by atoms with Crippen LogP contribution in [-0.2, 0) is 0 Å². The van der Waals surface area contributed by atoms with Crippen molar-refractivity contribution in [2.75, 3.05) is 13.7 Å². The molecule has 0 saturated carbocycles. The van der Waals surface area contributed by atoms with Gasteiger partial charge in [-0.2, -0.15) is 10.2 Å². The van der Waals surface area contributed by atoms with E-state index in [1.807, 2.05) is 31.2 Å². The number of ether oxygens (including phenoxy) is 2. The Morgan fingerprint density at radius 2 is 1.85 bits per heavy atom. The zero-order valence-electron chi connectivity index (χ0n) is 15.1. The average Bonchev–Trinajstić information content (AvgIpc) is 3.17. The first-order valence-electron chi connectivity index (χ1n) is 8.45. The molecule has 0 unspecified atom stereocenters. The molecule has 0 aliphatic heterocycles. The summed E-state index contributed by atoms with van der Waals surface area (Å²) in [6.07, 6.45) is 3.20. The number of hydrogen-bond acceptors (Lipinski definition) is 5. The first-order chi connectivity index (χ1) is 13.2. The molecule has 3 aromatic rings. The van der Waals surface area contributed by atoms with Crippen molar-refractivity contribution in [3.8, 4) is 22.8 Å². The molecule has 2 aromatic carbocycles. The van der Waals surface area contributed by atoms with Crippen LogP contribution in [0.15, 0.2) is 59.8 Å². The van der Waals surface area contributed by atoms with Gasteiger partial charge in [-0.3, -0.25) is 9.89 Å². The zero-order chi connectivity index (χ0) is 19.1. The Labute approximate surface area is 157 Å². The highest BCUT2D eigenvalue weighted by Crippen LogP contribution is 2.22. The van der Waals surface area contributed by atoms with Gasteiger partial charge in [0.1, 0.15) is 11.5 Å². The summed E-state index contributed by atoms with van der Waals surface area (Å²) in [5.74, 6) is 1.19. The molecule has 3 rings (SSSR count). The van der Waals surface area contributed by atoms with Gasteiger partial charge in [0, 0.05) is 16.7 Å². The minimum atomic E-state index is -0.302. The maximum atomic E-state index is 12.2. The number of nitrogens with zero attached hydrogens (tertiary/aromatic N) is 2. The van der Waals surface area contributed by atoms with Crippen LogP contribution in [0.2, 0.25) is 0 Å². The third-order valence-corrected chi connectivity index (χ3v) is 3.84. The fraction of sp³-hybridized carbons (Fsp3) is 0.150. The summed E-state index contributed by atoms with van der Waals surface area (Å²) in [4.78, 5) is 12.2. The van der Waals surface area contributed by atoms with E-state index in [0.29, 0.717) is 12.2 Å². The van der Waals surface area contributed by atoms with Gasteiger partial charge >= 0.3 is 0 Å². The molecule has 0 atom stereocenters. The number of benzene rings is 2. The van der Waals surface area contributed by atoms with Crippen LogP contribution in [0.25, 0.3) is 11.3 Å². The van der Waals surface area contributed by atoms with E-state index in [0.717, 1.165) is 28.3 Å². The minimum absolute atomic E-state index is 0.302. The summed E-state index contributed by atoms with van der Waals surface area (Å²) < 4.78 is 10.5. The molecular weight excluding hydrogens is 344 g/mol. The largest absolute Gasteiger partial charge is 0.497 e. The van der Waals surface area contributed by atoms with Crippen molar-refractivity contribution in [1.29, 1.82) is 0 Å². The third-order valence-electron chi connectivity index (χ3n) is 3.84. The number of carbonyl (C=O) groups excluding carboxylic acids is 1. The molecule has 1 amide bonds. The lowest BCUT2D eigenvalue weighted by molar-refractivity contribution is 0.0955. The Morgan fingerprint density at radius 3 is 2.52 bits per heavy atom. The number of hydrazone groups is 1. The van der Waals surface area contributed by atoms with E-state index in [-0.39, 0.29) is 5.91 Å². The molecule has 0 radical (unpaired) electrons. The minimum Gasteiger partial charge on any atom is -0.497 e. The maximum Gasteiger partial charge on any atom is 0.271 e. The monoisotopic (exact) mass is 364 g/mol. The van der Waals surface area contributed by atoms with Crippen LogP contribution in [-0.4, -0.2) is 36.0 Å². The third kappa shape index (κ3) is 4.52. The second kappa shape index (κ2) is 8.66. The molecule has 0 fully saturated rings. The van der Waals surface area contributed by atoms with Crippen molar-refractivity contribution in [2.45, 2.75) is 6.92 Å². The van der Waals surface area contributed by atoms with Crippen molar-refractivity contribution in [3.05, 3.63) is 65.9 Å². The first-order valence-corrected chi connectivity index (χ1v) is 8.45. The molecule has 0 bridgehead atoms. The van der Waals surface area contributed by atoms with Crippen LogP contribution in [0.3, 0.4) is 0 Å². The van der Waals surface area contributed by atoms with E-state index >= 15 is 0 Å². The Bertz CT molecular complexity index is 915. The normalized spacial score (nSPS) is 10.7. The molecule has 0 saturated heterocycles. The predicted molar refractivity (Wildman–Crippen MR) is 103 cm³/mol. The van der Waals surface area contributed by atoms with Crippen molar-refractivity contribution >= 4 is 12.1 Å².